The van der Waals surface area contributed by atoms with Gasteiger partial charge in [-0.15, -0.1) is 0 Å². The van der Waals surface area contributed by atoms with Crippen LogP contribution in [-0.4, -0.2) is 29.0 Å². The van der Waals surface area contributed by atoms with Crippen molar-refractivity contribution >= 4 is 22.9 Å². The van der Waals surface area contributed by atoms with E-state index in [-0.39, 0.29) is 5.91 Å². The van der Waals surface area contributed by atoms with E-state index in [0.29, 0.717) is 12.3 Å². The number of rotatable bonds is 3. The number of fused-ring (bicyclic) bond motifs is 1. The van der Waals surface area contributed by atoms with Crippen LogP contribution >= 0.6 is 0 Å². The summed E-state index contributed by atoms with van der Waals surface area (Å²) < 4.78 is 0. The van der Waals surface area contributed by atoms with E-state index in [4.69, 9.17) is 5.73 Å². The Morgan fingerprint density at radius 1 is 1.37 bits per heavy atom. The van der Waals surface area contributed by atoms with Gasteiger partial charge in [0.2, 0.25) is 11.9 Å². The second-order valence-corrected chi connectivity index (χ2v) is 5.18. The number of nitrogens with two attached hydrogens (primary N) is 1. The molecule has 1 aliphatic rings. The van der Waals surface area contributed by atoms with Crippen molar-refractivity contribution in [2.45, 2.75) is 19.3 Å². The summed E-state index contributed by atoms with van der Waals surface area (Å²) >= 11 is 0. The number of aromatic amines is 1. The summed E-state index contributed by atoms with van der Waals surface area (Å²) in [5, 5.41) is 0. The quantitative estimate of drug-likeness (QED) is 0.879. The van der Waals surface area contributed by atoms with Gasteiger partial charge in [-0.05, 0) is 30.9 Å². The fourth-order valence-corrected chi connectivity index (χ4v) is 2.72. The highest BCUT2D eigenvalue weighted by Crippen LogP contribution is 2.24. The molecule has 1 aromatic heterocycles. The minimum absolute atomic E-state index is 0.192. The van der Waals surface area contributed by atoms with Gasteiger partial charge in [-0.1, -0.05) is 12.1 Å². The number of hydrogen-bond acceptors (Lipinski definition) is 3. The molecule has 0 spiro atoms. The van der Waals surface area contributed by atoms with Crippen molar-refractivity contribution in [3.63, 3.8) is 0 Å². The number of amides is 1. The van der Waals surface area contributed by atoms with E-state index in [1.54, 1.807) is 0 Å². The first-order valence-corrected chi connectivity index (χ1v) is 6.70. The van der Waals surface area contributed by atoms with Gasteiger partial charge in [0, 0.05) is 19.5 Å². The summed E-state index contributed by atoms with van der Waals surface area (Å²) in [4.78, 5) is 21.1. The Labute approximate surface area is 111 Å². The maximum atomic E-state index is 10.9. The van der Waals surface area contributed by atoms with Crippen LogP contribution in [0, 0.1) is 5.92 Å². The lowest BCUT2D eigenvalue weighted by Gasteiger charge is -2.31. The molecule has 0 radical (unpaired) electrons. The van der Waals surface area contributed by atoms with E-state index >= 15 is 0 Å². The molecule has 3 N–H and O–H groups in total. The standard InChI is InChI=1S/C14H18N4O/c15-13(19)9-10-5-7-18(8-6-10)14-16-11-3-1-2-4-12(11)17-14/h1-4,10H,5-9H2,(H2,15,19)(H,16,17). The predicted molar refractivity (Wildman–Crippen MR) is 74.8 cm³/mol. The molecule has 1 saturated heterocycles. The normalized spacial score (nSPS) is 16.9. The zero-order valence-electron chi connectivity index (χ0n) is 10.8. The zero-order chi connectivity index (χ0) is 13.2. The van der Waals surface area contributed by atoms with Crippen molar-refractivity contribution in [2.24, 2.45) is 11.7 Å². The molecule has 1 aromatic carbocycles. The van der Waals surface area contributed by atoms with Gasteiger partial charge in [-0.3, -0.25) is 4.79 Å². The number of anilines is 1. The minimum atomic E-state index is -0.192. The predicted octanol–water partition coefficient (Wildman–Crippen LogP) is 1.65. The van der Waals surface area contributed by atoms with Gasteiger partial charge in [0.25, 0.3) is 0 Å². The molecular formula is C14H18N4O. The molecule has 2 heterocycles. The molecule has 0 aliphatic carbocycles. The second kappa shape index (κ2) is 4.91. The molecule has 2 aromatic rings. The number of nitrogens with one attached hydrogen (secondary N) is 1. The SMILES string of the molecule is NC(=O)CC1CCN(c2nc3ccccc3[nH]2)CC1. The highest BCUT2D eigenvalue weighted by Gasteiger charge is 2.22. The van der Waals surface area contributed by atoms with Crippen LogP contribution < -0.4 is 10.6 Å². The Hall–Kier alpha value is -2.04. The van der Waals surface area contributed by atoms with Crippen LogP contribution in [0.5, 0.6) is 0 Å². The molecule has 1 fully saturated rings. The van der Waals surface area contributed by atoms with Gasteiger partial charge >= 0.3 is 0 Å². The third-order valence-electron chi connectivity index (χ3n) is 3.78. The third-order valence-corrected chi connectivity index (χ3v) is 3.78. The maximum Gasteiger partial charge on any atom is 0.217 e. The molecule has 1 amide bonds. The van der Waals surface area contributed by atoms with E-state index in [2.05, 4.69) is 14.9 Å². The van der Waals surface area contributed by atoms with E-state index in [0.717, 1.165) is 42.9 Å². The van der Waals surface area contributed by atoms with Gasteiger partial charge in [0.15, 0.2) is 0 Å². The number of carbonyl (C=O) groups excluding carboxylic acids is 1. The van der Waals surface area contributed by atoms with Gasteiger partial charge in [0.1, 0.15) is 0 Å². The second-order valence-electron chi connectivity index (χ2n) is 5.18. The molecule has 0 bridgehead atoms. The lowest BCUT2D eigenvalue weighted by molar-refractivity contribution is -0.119. The molecule has 0 saturated carbocycles. The fourth-order valence-electron chi connectivity index (χ4n) is 2.72. The van der Waals surface area contributed by atoms with Crippen molar-refractivity contribution in [1.29, 1.82) is 0 Å². The monoisotopic (exact) mass is 258 g/mol. The number of hydrogen-bond donors (Lipinski definition) is 2. The Balaban J connectivity index is 1.69. The van der Waals surface area contributed by atoms with Crippen LogP contribution in [-0.2, 0) is 4.79 Å². The van der Waals surface area contributed by atoms with Gasteiger partial charge in [-0.2, -0.15) is 0 Å². The smallest absolute Gasteiger partial charge is 0.217 e. The molecule has 1 aliphatic heterocycles. The van der Waals surface area contributed by atoms with Crippen LogP contribution in [0.3, 0.4) is 0 Å². The van der Waals surface area contributed by atoms with Crippen LogP contribution in [0.25, 0.3) is 11.0 Å². The van der Waals surface area contributed by atoms with Crippen molar-refractivity contribution in [3.8, 4) is 0 Å². The van der Waals surface area contributed by atoms with Crippen LogP contribution in [0.15, 0.2) is 24.3 Å². The van der Waals surface area contributed by atoms with Crippen LogP contribution in [0.4, 0.5) is 5.95 Å². The molecule has 5 heteroatoms. The largest absolute Gasteiger partial charge is 0.370 e. The van der Waals surface area contributed by atoms with Crippen LogP contribution in [0.1, 0.15) is 19.3 Å². The van der Waals surface area contributed by atoms with Gasteiger partial charge in [0.05, 0.1) is 11.0 Å². The summed E-state index contributed by atoms with van der Waals surface area (Å²) in [6.07, 6.45) is 2.51. The third kappa shape index (κ3) is 2.54. The minimum Gasteiger partial charge on any atom is -0.370 e. The van der Waals surface area contributed by atoms with Crippen molar-refractivity contribution in [3.05, 3.63) is 24.3 Å². The van der Waals surface area contributed by atoms with Crippen molar-refractivity contribution in [1.82, 2.24) is 9.97 Å². The topological polar surface area (TPSA) is 75.0 Å². The first-order valence-electron chi connectivity index (χ1n) is 6.70. The number of nitrogens with zero attached hydrogens (tertiary/aromatic N) is 2. The van der Waals surface area contributed by atoms with Crippen LogP contribution in [0.2, 0.25) is 0 Å². The average molecular weight is 258 g/mol. The number of aromatic nitrogens is 2. The summed E-state index contributed by atoms with van der Waals surface area (Å²) in [7, 11) is 0. The lowest BCUT2D eigenvalue weighted by atomic mass is 9.93. The Morgan fingerprint density at radius 2 is 2.11 bits per heavy atom. The lowest BCUT2D eigenvalue weighted by Crippen LogP contribution is -2.35. The summed E-state index contributed by atoms with van der Waals surface area (Å²) in [6.45, 7) is 1.86. The highest BCUT2D eigenvalue weighted by atomic mass is 16.1. The molecule has 3 rings (SSSR count). The maximum absolute atomic E-state index is 10.9. The fraction of sp³-hybridized carbons (Fsp3) is 0.429. The first-order chi connectivity index (χ1) is 9.22. The zero-order valence-corrected chi connectivity index (χ0v) is 10.8. The van der Waals surface area contributed by atoms with E-state index in [9.17, 15) is 4.79 Å². The number of primary amides is 1. The number of imidazole rings is 1. The summed E-state index contributed by atoms with van der Waals surface area (Å²) in [6, 6.07) is 8.04. The molecule has 5 nitrogen and oxygen atoms in total. The van der Waals surface area contributed by atoms with Gasteiger partial charge in [-0.25, -0.2) is 4.98 Å². The van der Waals surface area contributed by atoms with Crippen molar-refractivity contribution in [2.75, 3.05) is 18.0 Å². The van der Waals surface area contributed by atoms with Crippen molar-refractivity contribution < 1.29 is 4.79 Å². The number of H-pyrrole nitrogens is 1. The number of piperidine rings is 1. The molecular weight excluding hydrogens is 240 g/mol. The molecule has 0 unspecified atom stereocenters. The molecule has 100 valence electrons. The number of carbonyl (C=O) groups is 1. The Bertz CT molecular complexity index is 551. The molecule has 19 heavy (non-hydrogen) atoms. The van der Waals surface area contributed by atoms with E-state index in [1.165, 1.54) is 0 Å². The van der Waals surface area contributed by atoms with E-state index < -0.39 is 0 Å². The summed E-state index contributed by atoms with van der Waals surface area (Å²) in [5.41, 5.74) is 7.31. The first kappa shape index (κ1) is 12.0. The summed E-state index contributed by atoms with van der Waals surface area (Å²) in [5.74, 6) is 1.17. The average Bonchev–Trinajstić information content (AvgIpc) is 2.82. The Kier molecular flexibility index (Phi) is 3.11. The Morgan fingerprint density at radius 3 is 2.79 bits per heavy atom. The highest BCUT2D eigenvalue weighted by molar-refractivity contribution is 5.77. The molecule has 0 atom stereocenters. The number of para-hydroxylation sites is 2. The number of benzene rings is 1. The van der Waals surface area contributed by atoms with Gasteiger partial charge < -0.3 is 15.6 Å². The van der Waals surface area contributed by atoms with E-state index in [1.807, 2.05) is 24.3 Å².